The number of nitrogens with one attached hydrogen (secondary N) is 1. The zero-order chi connectivity index (χ0) is 20.7. The van der Waals surface area contributed by atoms with Crippen LogP contribution in [0.4, 0.5) is 10.1 Å². The molecule has 2 aromatic heterocycles. The molecule has 0 saturated carbocycles. The monoisotopic (exact) mass is 429 g/mol. The van der Waals surface area contributed by atoms with Gasteiger partial charge in [0.2, 0.25) is 5.91 Å². The van der Waals surface area contributed by atoms with Gasteiger partial charge in [0.1, 0.15) is 22.9 Å². The molecule has 0 radical (unpaired) electrons. The van der Waals surface area contributed by atoms with Crippen LogP contribution in [0.2, 0.25) is 5.02 Å². The Morgan fingerprint density at radius 3 is 2.86 bits per heavy atom. The number of anilines is 1. The third-order valence-electron chi connectivity index (χ3n) is 4.72. The average Bonchev–Trinajstić information content (AvgIpc) is 3.07. The number of thiophene rings is 1. The molecule has 0 aliphatic rings. The number of nitrogens with zero attached hydrogens (tertiary/aromatic N) is 2. The summed E-state index contributed by atoms with van der Waals surface area (Å²) in [7, 11) is 0. The van der Waals surface area contributed by atoms with Crippen molar-refractivity contribution in [3.05, 3.63) is 69.0 Å². The molecule has 2 heterocycles. The summed E-state index contributed by atoms with van der Waals surface area (Å²) in [5, 5.41) is 3.65. The maximum atomic E-state index is 14.3. The van der Waals surface area contributed by atoms with Crippen molar-refractivity contribution in [2.24, 2.45) is 0 Å². The lowest BCUT2D eigenvalue weighted by molar-refractivity contribution is -0.116. The van der Waals surface area contributed by atoms with E-state index >= 15 is 0 Å². The number of hydrogen-bond acceptors (Lipinski definition) is 4. The molecule has 0 aliphatic heterocycles. The molecular weight excluding hydrogens is 413 g/mol. The summed E-state index contributed by atoms with van der Waals surface area (Å²) >= 11 is 7.19. The fourth-order valence-electron chi connectivity index (χ4n) is 3.27. The lowest BCUT2D eigenvalue weighted by Gasteiger charge is -2.13. The Hall–Kier alpha value is -2.77. The summed E-state index contributed by atoms with van der Waals surface area (Å²) in [5.74, 6) is -0.335. The van der Waals surface area contributed by atoms with Crippen molar-refractivity contribution in [1.82, 2.24) is 9.55 Å². The fraction of sp³-hybridized carbons (Fsp3) is 0.190. The van der Waals surface area contributed by atoms with Crippen LogP contribution in [-0.4, -0.2) is 15.5 Å². The first kappa shape index (κ1) is 19.5. The second-order valence-corrected chi connectivity index (χ2v) is 8.16. The van der Waals surface area contributed by atoms with E-state index < -0.39 is 5.82 Å². The number of fused-ring (bicyclic) bond motifs is 3. The van der Waals surface area contributed by atoms with E-state index in [1.807, 2.05) is 13.8 Å². The van der Waals surface area contributed by atoms with Gasteiger partial charge in [0, 0.05) is 21.8 Å². The van der Waals surface area contributed by atoms with Gasteiger partial charge in [-0.3, -0.25) is 14.2 Å². The van der Waals surface area contributed by atoms with Crippen LogP contribution in [-0.2, 0) is 17.8 Å². The Morgan fingerprint density at radius 1 is 1.31 bits per heavy atom. The minimum Gasteiger partial charge on any atom is -0.324 e. The fourth-order valence-corrected chi connectivity index (χ4v) is 4.54. The van der Waals surface area contributed by atoms with E-state index in [-0.39, 0.29) is 18.0 Å². The van der Waals surface area contributed by atoms with E-state index in [0.717, 1.165) is 5.56 Å². The van der Waals surface area contributed by atoms with Gasteiger partial charge in [-0.1, -0.05) is 30.7 Å². The second kappa shape index (κ2) is 7.57. The lowest BCUT2D eigenvalue weighted by atomic mass is 10.2. The van der Waals surface area contributed by atoms with Crippen molar-refractivity contribution in [2.75, 3.05) is 5.32 Å². The number of aryl methyl sites for hydroxylation is 2. The number of rotatable bonds is 4. The highest BCUT2D eigenvalue weighted by Crippen LogP contribution is 2.32. The van der Waals surface area contributed by atoms with E-state index in [4.69, 9.17) is 11.6 Å². The van der Waals surface area contributed by atoms with Crippen LogP contribution in [0.15, 0.2) is 41.2 Å². The van der Waals surface area contributed by atoms with E-state index in [1.165, 1.54) is 22.0 Å². The quantitative estimate of drug-likeness (QED) is 0.501. The average molecular weight is 430 g/mol. The molecule has 0 fully saturated rings. The molecule has 0 saturated heterocycles. The molecule has 4 aromatic rings. The van der Waals surface area contributed by atoms with Gasteiger partial charge in [-0.2, -0.15) is 0 Å². The molecule has 0 unspecified atom stereocenters. The number of aromatic nitrogens is 2. The first-order valence-corrected chi connectivity index (χ1v) is 10.2. The van der Waals surface area contributed by atoms with E-state index in [0.29, 0.717) is 43.3 Å². The standard InChI is InChI=1S/C21H17ClFN3O2S/c1-3-16-25-19-18-13(23)5-4-6-15(18)29-20(19)21(28)26(16)10-17(27)24-14-9-12(22)8-7-11(14)2/h4-9H,3,10H2,1-2H3,(H,24,27). The maximum Gasteiger partial charge on any atom is 0.272 e. The predicted octanol–water partition coefficient (Wildman–Crippen LogP) is 4.91. The molecule has 29 heavy (non-hydrogen) atoms. The molecule has 4 rings (SSSR count). The van der Waals surface area contributed by atoms with E-state index in [1.54, 1.807) is 30.3 Å². The molecule has 0 bridgehead atoms. The van der Waals surface area contributed by atoms with Crippen LogP contribution >= 0.6 is 22.9 Å². The van der Waals surface area contributed by atoms with Crippen LogP contribution in [0.1, 0.15) is 18.3 Å². The van der Waals surface area contributed by atoms with Crippen molar-refractivity contribution in [3.63, 3.8) is 0 Å². The number of benzene rings is 2. The van der Waals surface area contributed by atoms with Crippen molar-refractivity contribution in [2.45, 2.75) is 26.8 Å². The second-order valence-electron chi connectivity index (χ2n) is 6.67. The maximum absolute atomic E-state index is 14.3. The number of halogens is 2. The van der Waals surface area contributed by atoms with Gasteiger partial charge in [-0.15, -0.1) is 11.3 Å². The Bertz CT molecular complexity index is 1330. The minimum atomic E-state index is -0.408. The molecule has 1 N–H and O–H groups in total. The van der Waals surface area contributed by atoms with Gasteiger partial charge >= 0.3 is 0 Å². The van der Waals surface area contributed by atoms with Crippen molar-refractivity contribution in [3.8, 4) is 0 Å². The van der Waals surface area contributed by atoms with Crippen molar-refractivity contribution < 1.29 is 9.18 Å². The molecule has 0 spiro atoms. The van der Waals surface area contributed by atoms with Gasteiger partial charge < -0.3 is 5.32 Å². The van der Waals surface area contributed by atoms with E-state index in [9.17, 15) is 14.0 Å². The SMILES string of the molecule is CCc1nc2c(sc3cccc(F)c32)c(=O)n1CC(=O)Nc1cc(Cl)ccc1C. The smallest absolute Gasteiger partial charge is 0.272 e. The van der Waals surface area contributed by atoms with Crippen molar-refractivity contribution >= 4 is 54.8 Å². The molecule has 8 heteroatoms. The largest absolute Gasteiger partial charge is 0.324 e. The van der Waals surface area contributed by atoms with Crippen LogP contribution in [0.25, 0.3) is 20.3 Å². The summed E-state index contributed by atoms with van der Waals surface area (Å²) in [6.45, 7) is 3.51. The van der Waals surface area contributed by atoms with Gasteiger partial charge in [-0.25, -0.2) is 9.37 Å². The molecule has 1 amide bonds. The van der Waals surface area contributed by atoms with Gasteiger partial charge in [0.15, 0.2) is 0 Å². The van der Waals surface area contributed by atoms with Gasteiger partial charge in [-0.05, 0) is 36.8 Å². The molecule has 5 nitrogen and oxygen atoms in total. The third-order valence-corrected chi connectivity index (χ3v) is 6.09. The Morgan fingerprint density at radius 2 is 2.10 bits per heavy atom. The number of carbonyl (C=O) groups excluding carboxylic acids is 1. The zero-order valence-corrected chi connectivity index (χ0v) is 17.3. The summed E-state index contributed by atoms with van der Waals surface area (Å²) in [5.41, 5.74) is 1.46. The molecular formula is C21H17ClFN3O2S. The van der Waals surface area contributed by atoms with Gasteiger partial charge in [0.25, 0.3) is 5.56 Å². The lowest BCUT2D eigenvalue weighted by Crippen LogP contribution is -2.30. The predicted molar refractivity (Wildman–Crippen MR) is 116 cm³/mol. The summed E-state index contributed by atoms with van der Waals surface area (Å²) < 4.78 is 16.7. The number of hydrogen-bond donors (Lipinski definition) is 1. The first-order valence-electron chi connectivity index (χ1n) is 9.05. The highest BCUT2D eigenvalue weighted by atomic mass is 35.5. The van der Waals surface area contributed by atoms with Gasteiger partial charge in [0.05, 0.1) is 10.9 Å². The topological polar surface area (TPSA) is 64.0 Å². The van der Waals surface area contributed by atoms with Crippen LogP contribution in [0.5, 0.6) is 0 Å². The highest BCUT2D eigenvalue weighted by Gasteiger charge is 2.19. The van der Waals surface area contributed by atoms with E-state index in [2.05, 4.69) is 10.3 Å². The molecule has 0 atom stereocenters. The minimum absolute atomic E-state index is 0.187. The number of carbonyl (C=O) groups is 1. The van der Waals surface area contributed by atoms with Crippen LogP contribution < -0.4 is 10.9 Å². The normalized spacial score (nSPS) is 11.3. The zero-order valence-electron chi connectivity index (χ0n) is 15.8. The third kappa shape index (κ3) is 3.52. The summed E-state index contributed by atoms with van der Waals surface area (Å²) in [6.07, 6.45) is 0.431. The summed E-state index contributed by atoms with van der Waals surface area (Å²) in [4.78, 5) is 30.3. The molecule has 2 aromatic carbocycles. The molecule has 0 aliphatic carbocycles. The Kier molecular flexibility index (Phi) is 5.10. The summed E-state index contributed by atoms with van der Waals surface area (Å²) in [6, 6.07) is 9.93. The molecule has 148 valence electrons. The first-order chi connectivity index (χ1) is 13.9. The Balaban J connectivity index is 1.77. The Labute approximate surface area is 174 Å². The highest BCUT2D eigenvalue weighted by molar-refractivity contribution is 7.25. The van der Waals surface area contributed by atoms with Crippen LogP contribution in [0, 0.1) is 12.7 Å². The van der Waals surface area contributed by atoms with Crippen molar-refractivity contribution in [1.29, 1.82) is 0 Å². The van der Waals surface area contributed by atoms with Crippen LogP contribution in [0.3, 0.4) is 0 Å². The number of amides is 1.